The number of fused-ring (bicyclic) bond motifs is 1. The third kappa shape index (κ3) is 3.93. The van der Waals surface area contributed by atoms with Crippen LogP contribution in [0.3, 0.4) is 0 Å². The van der Waals surface area contributed by atoms with Gasteiger partial charge >= 0.3 is 0 Å². The maximum absolute atomic E-state index is 13.1. The minimum atomic E-state index is -4.05. The Morgan fingerprint density at radius 3 is 1.94 bits per heavy atom. The summed E-state index contributed by atoms with van der Waals surface area (Å²) in [7, 11) is -4.05. The van der Waals surface area contributed by atoms with Crippen LogP contribution >= 0.6 is 0 Å². The summed E-state index contributed by atoms with van der Waals surface area (Å²) < 4.78 is 27.4. The third-order valence-corrected chi connectivity index (χ3v) is 7.55. The van der Waals surface area contributed by atoms with Crippen molar-refractivity contribution in [2.45, 2.75) is 59.4 Å². The minimum absolute atomic E-state index is 0.0405. The van der Waals surface area contributed by atoms with Crippen LogP contribution in [0, 0.1) is 34.6 Å². The average Bonchev–Trinajstić information content (AvgIpc) is 2.75. The zero-order valence-electron chi connectivity index (χ0n) is 19.3. The molecule has 2 aromatic carbocycles. The van der Waals surface area contributed by atoms with E-state index in [4.69, 9.17) is 0 Å². The van der Waals surface area contributed by atoms with E-state index in [9.17, 15) is 18.0 Å². The van der Waals surface area contributed by atoms with E-state index in [1.165, 1.54) is 4.68 Å². The molecule has 0 aliphatic carbocycles. The van der Waals surface area contributed by atoms with Crippen molar-refractivity contribution in [1.82, 2.24) is 20.0 Å². The first-order chi connectivity index (χ1) is 14.9. The van der Waals surface area contributed by atoms with Gasteiger partial charge in [0.1, 0.15) is 0 Å². The molecular weight excluding hydrogens is 428 g/mol. The summed E-state index contributed by atoms with van der Waals surface area (Å²) in [5.74, 6) is -0.755. The lowest BCUT2D eigenvalue weighted by atomic mass is 9.95. The van der Waals surface area contributed by atoms with Crippen LogP contribution in [0.15, 0.2) is 34.0 Å². The topological polar surface area (TPSA) is 110 Å². The lowest BCUT2D eigenvalue weighted by Crippen LogP contribution is -2.43. The molecule has 0 unspecified atom stereocenters. The monoisotopic (exact) mass is 456 g/mol. The van der Waals surface area contributed by atoms with Gasteiger partial charge < -0.3 is 0 Å². The summed E-state index contributed by atoms with van der Waals surface area (Å²) in [5.41, 5.74) is 5.98. The molecule has 0 spiro atoms. The number of hydrogen-bond acceptors (Lipinski definition) is 5. The second-order valence-electron chi connectivity index (χ2n) is 8.25. The maximum atomic E-state index is 13.1. The lowest BCUT2D eigenvalue weighted by molar-refractivity contribution is 0.0939. The second kappa shape index (κ2) is 8.48. The Hall–Kier alpha value is -3.04. The van der Waals surface area contributed by atoms with Crippen molar-refractivity contribution in [3.63, 3.8) is 0 Å². The molecule has 0 fully saturated rings. The Morgan fingerprint density at radius 2 is 1.41 bits per heavy atom. The van der Waals surface area contributed by atoms with E-state index in [1.54, 1.807) is 52.0 Å². The highest BCUT2D eigenvalue weighted by Crippen LogP contribution is 2.29. The van der Waals surface area contributed by atoms with Crippen molar-refractivity contribution in [3.8, 4) is 0 Å². The SMILES string of the molecule is Cc1c(C)c(C)c(S(=O)(=O)NNC(=O)c2nn(C(C)C)c(=O)c3ccccc23)c(C)c1C. The van der Waals surface area contributed by atoms with Gasteiger partial charge in [-0.1, -0.05) is 18.2 Å². The van der Waals surface area contributed by atoms with Gasteiger partial charge in [-0.3, -0.25) is 15.0 Å². The molecule has 3 aromatic rings. The number of rotatable bonds is 5. The molecular formula is C23H28N4O4S. The van der Waals surface area contributed by atoms with Crippen LogP contribution in [0.4, 0.5) is 0 Å². The first kappa shape index (κ1) is 23.6. The maximum Gasteiger partial charge on any atom is 0.287 e. The van der Waals surface area contributed by atoms with Gasteiger partial charge in [-0.2, -0.15) is 5.10 Å². The predicted octanol–water partition coefficient (Wildman–Crippen LogP) is 3.14. The molecule has 0 saturated carbocycles. The van der Waals surface area contributed by atoms with E-state index in [0.29, 0.717) is 21.9 Å². The summed E-state index contributed by atoms with van der Waals surface area (Å²) in [6.07, 6.45) is 0. The number of sulfonamides is 1. The summed E-state index contributed by atoms with van der Waals surface area (Å²) in [4.78, 5) is 28.0. The molecule has 0 bridgehead atoms. The highest BCUT2D eigenvalue weighted by Gasteiger charge is 2.25. The Morgan fingerprint density at radius 1 is 0.906 bits per heavy atom. The van der Waals surface area contributed by atoms with Crippen LogP contribution in [0.2, 0.25) is 0 Å². The van der Waals surface area contributed by atoms with Gasteiger partial charge in [-0.25, -0.2) is 13.1 Å². The molecule has 8 nitrogen and oxygen atoms in total. The van der Waals surface area contributed by atoms with Gasteiger partial charge in [0.05, 0.1) is 16.3 Å². The zero-order valence-corrected chi connectivity index (χ0v) is 20.1. The fraction of sp³-hybridized carbons (Fsp3) is 0.348. The molecule has 1 heterocycles. The zero-order chi connectivity index (χ0) is 24.0. The van der Waals surface area contributed by atoms with Crippen molar-refractivity contribution >= 4 is 26.7 Å². The standard InChI is InChI=1S/C23H28N4O4S/c1-12(2)27-23(29)19-11-9-8-10-18(19)20(25-27)22(28)24-26-32(30,31)21-16(6)14(4)13(3)15(5)17(21)7/h8-12,26H,1-7H3,(H,24,28). The Kier molecular flexibility index (Phi) is 6.26. The molecule has 9 heteroatoms. The van der Waals surface area contributed by atoms with Crippen molar-refractivity contribution in [2.24, 2.45) is 0 Å². The summed E-state index contributed by atoms with van der Waals surface area (Å²) in [6, 6.07) is 6.34. The molecule has 0 atom stereocenters. The molecule has 0 aliphatic rings. The van der Waals surface area contributed by atoms with E-state index < -0.39 is 15.9 Å². The van der Waals surface area contributed by atoms with Gasteiger partial charge in [0, 0.05) is 5.39 Å². The smallest absolute Gasteiger partial charge is 0.272 e. The highest BCUT2D eigenvalue weighted by molar-refractivity contribution is 7.89. The Labute approximate surface area is 187 Å². The van der Waals surface area contributed by atoms with E-state index in [2.05, 4.69) is 15.4 Å². The van der Waals surface area contributed by atoms with Crippen LogP contribution in [-0.4, -0.2) is 24.1 Å². The molecule has 1 amide bonds. The van der Waals surface area contributed by atoms with Crippen LogP contribution < -0.4 is 15.8 Å². The van der Waals surface area contributed by atoms with Crippen LogP contribution in [0.25, 0.3) is 10.8 Å². The van der Waals surface area contributed by atoms with Crippen molar-refractivity contribution in [1.29, 1.82) is 0 Å². The number of hydrogen-bond donors (Lipinski definition) is 2. The molecule has 1 aromatic heterocycles. The number of aromatic nitrogens is 2. The number of carbonyl (C=O) groups is 1. The largest absolute Gasteiger partial charge is 0.287 e. The Balaban J connectivity index is 2.03. The number of nitrogens with zero attached hydrogens (tertiary/aromatic N) is 2. The average molecular weight is 457 g/mol. The molecule has 0 aliphatic heterocycles. The van der Waals surface area contributed by atoms with E-state index in [-0.39, 0.29) is 22.2 Å². The lowest BCUT2D eigenvalue weighted by Gasteiger charge is -2.19. The van der Waals surface area contributed by atoms with Crippen LogP contribution in [0.5, 0.6) is 0 Å². The highest BCUT2D eigenvalue weighted by atomic mass is 32.2. The first-order valence-electron chi connectivity index (χ1n) is 10.3. The van der Waals surface area contributed by atoms with Crippen LogP contribution in [0.1, 0.15) is 58.2 Å². The van der Waals surface area contributed by atoms with Gasteiger partial charge in [-0.05, 0) is 82.3 Å². The van der Waals surface area contributed by atoms with Gasteiger partial charge in [0.25, 0.3) is 21.5 Å². The van der Waals surface area contributed by atoms with E-state index in [0.717, 1.165) is 16.7 Å². The summed E-state index contributed by atoms with van der Waals surface area (Å²) in [5, 5.41) is 4.89. The fourth-order valence-corrected chi connectivity index (χ4v) is 5.26. The summed E-state index contributed by atoms with van der Waals surface area (Å²) in [6.45, 7) is 12.8. The van der Waals surface area contributed by atoms with E-state index >= 15 is 0 Å². The molecule has 32 heavy (non-hydrogen) atoms. The van der Waals surface area contributed by atoms with Crippen molar-refractivity contribution in [3.05, 3.63) is 68.1 Å². The molecule has 170 valence electrons. The normalized spacial score (nSPS) is 11.9. The number of nitrogens with one attached hydrogen (secondary N) is 2. The number of hydrazine groups is 1. The quantitative estimate of drug-likeness (QED) is 0.573. The molecule has 0 saturated heterocycles. The van der Waals surface area contributed by atoms with Crippen molar-refractivity contribution < 1.29 is 13.2 Å². The summed E-state index contributed by atoms with van der Waals surface area (Å²) >= 11 is 0. The molecule has 3 rings (SSSR count). The fourth-order valence-electron chi connectivity index (χ4n) is 3.82. The van der Waals surface area contributed by atoms with Gasteiger partial charge in [0.15, 0.2) is 5.69 Å². The van der Waals surface area contributed by atoms with Crippen LogP contribution in [-0.2, 0) is 10.0 Å². The minimum Gasteiger partial charge on any atom is -0.272 e. The van der Waals surface area contributed by atoms with Crippen molar-refractivity contribution in [2.75, 3.05) is 0 Å². The van der Waals surface area contributed by atoms with Gasteiger partial charge in [-0.15, -0.1) is 4.83 Å². The number of benzene rings is 2. The van der Waals surface area contributed by atoms with Gasteiger partial charge in [0.2, 0.25) is 0 Å². The molecule has 2 N–H and O–H groups in total. The first-order valence-corrected chi connectivity index (χ1v) is 11.8. The second-order valence-corrected chi connectivity index (χ2v) is 9.87. The predicted molar refractivity (Wildman–Crippen MR) is 124 cm³/mol. The number of amides is 1. The number of carbonyl (C=O) groups excluding carboxylic acids is 1. The van der Waals surface area contributed by atoms with E-state index in [1.807, 2.05) is 20.8 Å². The third-order valence-electron chi connectivity index (χ3n) is 6.03. The Bertz CT molecular complexity index is 1380. The molecule has 0 radical (unpaired) electrons.